The number of carboxylic acid groups (broad SMARTS) is 1. The van der Waals surface area contributed by atoms with Crippen molar-refractivity contribution in [2.45, 2.75) is 84.7 Å². The van der Waals surface area contributed by atoms with Crippen LogP contribution in [0, 0.1) is 5.92 Å². The van der Waals surface area contributed by atoms with Gasteiger partial charge in [0.1, 0.15) is 6.10 Å². The van der Waals surface area contributed by atoms with Crippen LogP contribution in [0.3, 0.4) is 0 Å². The molecule has 1 aromatic carbocycles. The van der Waals surface area contributed by atoms with Crippen molar-refractivity contribution in [1.29, 1.82) is 0 Å². The van der Waals surface area contributed by atoms with Gasteiger partial charge in [0.2, 0.25) is 0 Å². The summed E-state index contributed by atoms with van der Waals surface area (Å²) < 4.78 is 5.38. The van der Waals surface area contributed by atoms with E-state index in [1.165, 1.54) is 12.5 Å². The molecule has 0 heterocycles. The average Bonchev–Trinajstić information content (AvgIpc) is 2.54. The number of carbonyl (C=O) groups excluding carboxylic acids is 1. The quantitative estimate of drug-likeness (QED) is 0.463. The Kier molecular flexibility index (Phi) is 8.83. The third-order valence-corrected chi connectivity index (χ3v) is 4.74. The van der Waals surface area contributed by atoms with Gasteiger partial charge in [-0.2, -0.15) is 0 Å². The zero-order valence-corrected chi connectivity index (χ0v) is 16.9. The lowest BCUT2D eigenvalue weighted by Gasteiger charge is -2.24. The maximum atomic E-state index is 11.7. The summed E-state index contributed by atoms with van der Waals surface area (Å²) in [6, 6.07) is 8.40. The van der Waals surface area contributed by atoms with Gasteiger partial charge in [-0.3, -0.25) is 9.59 Å². The number of esters is 1. The van der Waals surface area contributed by atoms with E-state index >= 15 is 0 Å². The first kappa shape index (κ1) is 22.2. The van der Waals surface area contributed by atoms with Crippen molar-refractivity contribution in [1.82, 2.24) is 0 Å². The topological polar surface area (TPSA) is 63.6 Å². The molecule has 4 nitrogen and oxygen atoms in total. The average molecular weight is 363 g/mol. The number of unbranched alkanes of at least 4 members (excludes halogenated alkanes) is 2. The lowest BCUT2D eigenvalue weighted by atomic mass is 9.86. The van der Waals surface area contributed by atoms with Crippen LogP contribution in [0.1, 0.15) is 77.8 Å². The summed E-state index contributed by atoms with van der Waals surface area (Å²) in [7, 11) is 0. The van der Waals surface area contributed by atoms with Gasteiger partial charge in [0.15, 0.2) is 0 Å². The molecule has 0 aliphatic rings. The van der Waals surface area contributed by atoms with E-state index in [-0.39, 0.29) is 5.41 Å². The molecular weight excluding hydrogens is 328 g/mol. The summed E-state index contributed by atoms with van der Waals surface area (Å²) >= 11 is 0. The summed E-state index contributed by atoms with van der Waals surface area (Å²) in [6.45, 7) is 9.95. The van der Waals surface area contributed by atoms with E-state index in [0.29, 0.717) is 19.3 Å². The van der Waals surface area contributed by atoms with Crippen LogP contribution in [0.15, 0.2) is 24.3 Å². The van der Waals surface area contributed by atoms with Crippen molar-refractivity contribution in [2.75, 3.05) is 0 Å². The van der Waals surface area contributed by atoms with Crippen molar-refractivity contribution in [3.63, 3.8) is 0 Å². The van der Waals surface area contributed by atoms with E-state index < -0.39 is 24.0 Å². The van der Waals surface area contributed by atoms with Crippen molar-refractivity contribution in [3.05, 3.63) is 35.4 Å². The number of hydrogen-bond donors (Lipinski definition) is 1. The Hall–Kier alpha value is -1.84. The van der Waals surface area contributed by atoms with Gasteiger partial charge >= 0.3 is 11.9 Å². The molecule has 0 spiro atoms. The van der Waals surface area contributed by atoms with Crippen LogP contribution in [0.5, 0.6) is 0 Å². The Bertz CT molecular complexity index is 569. The van der Waals surface area contributed by atoms with Crippen LogP contribution in [0.2, 0.25) is 0 Å². The van der Waals surface area contributed by atoms with Crippen LogP contribution in [0.25, 0.3) is 0 Å². The number of aryl methyl sites for hydroxylation is 1. The fraction of sp³-hybridized carbons (Fsp3) is 0.636. The number of aliphatic carboxylic acids is 1. The van der Waals surface area contributed by atoms with Crippen molar-refractivity contribution < 1.29 is 19.4 Å². The van der Waals surface area contributed by atoms with Crippen LogP contribution in [0.4, 0.5) is 0 Å². The number of ether oxygens (including phenoxy) is 1. The summed E-state index contributed by atoms with van der Waals surface area (Å²) in [4.78, 5) is 23.2. The zero-order valence-electron chi connectivity index (χ0n) is 16.9. The SMILES string of the molecule is CCCCCC(C(=O)O)C(CCc1ccc(C(C)(C)C)cc1)OC(C)=O. The smallest absolute Gasteiger partial charge is 0.310 e. The highest BCUT2D eigenvalue weighted by atomic mass is 16.5. The normalized spacial score (nSPS) is 13.9. The van der Waals surface area contributed by atoms with Crippen molar-refractivity contribution in [3.8, 4) is 0 Å². The molecular formula is C22H34O4. The van der Waals surface area contributed by atoms with E-state index in [9.17, 15) is 14.7 Å². The molecule has 146 valence electrons. The monoisotopic (exact) mass is 362 g/mol. The second-order valence-electron chi connectivity index (χ2n) is 8.07. The van der Waals surface area contributed by atoms with Gasteiger partial charge in [0, 0.05) is 6.92 Å². The standard InChI is InChI=1S/C22H34O4/c1-6-7-8-9-19(21(24)25)20(26-16(2)23)15-12-17-10-13-18(14-11-17)22(3,4)5/h10-11,13-14,19-20H,6-9,12,15H2,1-5H3,(H,24,25). The molecule has 0 radical (unpaired) electrons. The van der Waals surface area contributed by atoms with Crippen LogP contribution in [-0.4, -0.2) is 23.1 Å². The Morgan fingerprint density at radius 1 is 1.08 bits per heavy atom. The van der Waals surface area contributed by atoms with Gasteiger partial charge in [0.25, 0.3) is 0 Å². The van der Waals surface area contributed by atoms with Gasteiger partial charge in [-0.15, -0.1) is 0 Å². The van der Waals surface area contributed by atoms with E-state index in [0.717, 1.165) is 24.8 Å². The fourth-order valence-electron chi connectivity index (χ4n) is 3.12. The van der Waals surface area contributed by atoms with E-state index in [1.54, 1.807) is 0 Å². The summed E-state index contributed by atoms with van der Waals surface area (Å²) in [6.07, 6.45) is 4.05. The molecule has 1 aromatic rings. The Labute approximate surface area is 158 Å². The van der Waals surface area contributed by atoms with Gasteiger partial charge in [-0.05, 0) is 35.8 Å². The molecule has 2 atom stereocenters. The minimum absolute atomic E-state index is 0.104. The number of benzene rings is 1. The highest BCUT2D eigenvalue weighted by molar-refractivity contribution is 5.72. The number of carbonyl (C=O) groups is 2. The van der Waals surface area contributed by atoms with Crippen LogP contribution < -0.4 is 0 Å². The van der Waals surface area contributed by atoms with Crippen molar-refractivity contribution >= 4 is 11.9 Å². The van der Waals surface area contributed by atoms with E-state index in [1.807, 2.05) is 0 Å². The zero-order chi connectivity index (χ0) is 19.7. The number of carboxylic acids is 1. The highest BCUT2D eigenvalue weighted by Crippen LogP contribution is 2.24. The minimum Gasteiger partial charge on any atom is -0.481 e. The lowest BCUT2D eigenvalue weighted by Crippen LogP contribution is -2.32. The molecule has 0 aliphatic heterocycles. The number of rotatable bonds is 10. The Morgan fingerprint density at radius 2 is 1.69 bits per heavy atom. The third-order valence-electron chi connectivity index (χ3n) is 4.74. The molecule has 1 N–H and O–H groups in total. The van der Waals surface area contributed by atoms with Crippen LogP contribution >= 0.6 is 0 Å². The van der Waals surface area contributed by atoms with Crippen molar-refractivity contribution in [2.24, 2.45) is 5.92 Å². The maximum Gasteiger partial charge on any atom is 0.310 e. The summed E-state index contributed by atoms with van der Waals surface area (Å²) in [5.74, 6) is -1.94. The molecule has 0 bridgehead atoms. The lowest BCUT2D eigenvalue weighted by molar-refractivity contribution is -0.157. The minimum atomic E-state index is -0.879. The molecule has 4 heteroatoms. The first-order valence-corrected chi connectivity index (χ1v) is 9.64. The molecule has 0 aliphatic carbocycles. The predicted octanol–water partition coefficient (Wildman–Crippen LogP) is 5.13. The molecule has 0 amide bonds. The largest absolute Gasteiger partial charge is 0.481 e. The molecule has 2 unspecified atom stereocenters. The second kappa shape index (κ2) is 10.3. The highest BCUT2D eigenvalue weighted by Gasteiger charge is 2.30. The van der Waals surface area contributed by atoms with Gasteiger partial charge in [-0.1, -0.05) is 71.2 Å². The summed E-state index contributed by atoms with van der Waals surface area (Å²) in [5.41, 5.74) is 2.50. The molecule has 0 aromatic heterocycles. The van der Waals surface area contributed by atoms with Crippen LogP contribution in [-0.2, 0) is 26.2 Å². The first-order chi connectivity index (χ1) is 12.1. The molecule has 0 saturated heterocycles. The van der Waals surface area contributed by atoms with Gasteiger partial charge in [0.05, 0.1) is 5.92 Å². The maximum absolute atomic E-state index is 11.7. The van der Waals surface area contributed by atoms with Gasteiger partial charge < -0.3 is 9.84 Å². The van der Waals surface area contributed by atoms with E-state index in [4.69, 9.17) is 4.74 Å². The molecule has 0 fully saturated rings. The summed E-state index contributed by atoms with van der Waals surface area (Å²) in [5, 5.41) is 9.59. The molecule has 26 heavy (non-hydrogen) atoms. The number of hydrogen-bond acceptors (Lipinski definition) is 3. The molecule has 0 saturated carbocycles. The second-order valence-corrected chi connectivity index (χ2v) is 8.07. The molecule has 1 rings (SSSR count). The Morgan fingerprint density at radius 3 is 2.15 bits per heavy atom. The van der Waals surface area contributed by atoms with Gasteiger partial charge in [-0.25, -0.2) is 0 Å². The fourth-order valence-corrected chi connectivity index (χ4v) is 3.12. The third kappa shape index (κ3) is 7.59. The van der Waals surface area contributed by atoms with E-state index in [2.05, 4.69) is 52.0 Å². The predicted molar refractivity (Wildman–Crippen MR) is 104 cm³/mol. The first-order valence-electron chi connectivity index (χ1n) is 9.64. The Balaban J connectivity index is 2.79.